The molecule has 0 aliphatic carbocycles. The number of alkyl halides is 2. The molecule has 2 aliphatic rings. The molecule has 3 amide bonds. The molecule has 2 aliphatic heterocycles. The summed E-state index contributed by atoms with van der Waals surface area (Å²) in [6.45, 7) is -0.257. The van der Waals surface area contributed by atoms with Gasteiger partial charge in [-0.1, -0.05) is 11.6 Å². The van der Waals surface area contributed by atoms with Gasteiger partial charge in [0.15, 0.2) is 0 Å². The van der Waals surface area contributed by atoms with Crippen LogP contribution in [-0.4, -0.2) is 49.2 Å². The van der Waals surface area contributed by atoms with Gasteiger partial charge in [-0.2, -0.15) is 0 Å². The van der Waals surface area contributed by atoms with Gasteiger partial charge in [0.1, 0.15) is 23.2 Å². The third-order valence-corrected chi connectivity index (χ3v) is 5.87. The molecule has 25 heavy (non-hydrogen) atoms. The van der Waals surface area contributed by atoms with E-state index >= 15 is 0 Å². The molecule has 0 spiro atoms. The second kappa shape index (κ2) is 6.26. The Morgan fingerprint density at radius 1 is 1.32 bits per heavy atom. The summed E-state index contributed by atoms with van der Waals surface area (Å²) in [6.07, 6.45) is -1.48. The number of hydrogen-bond donors (Lipinski definition) is 1. The summed E-state index contributed by atoms with van der Waals surface area (Å²) in [5.41, 5.74) is -0.716. The number of sulfonamides is 1. The van der Waals surface area contributed by atoms with E-state index in [1.807, 2.05) is 4.72 Å². The first-order valence-electron chi connectivity index (χ1n) is 6.98. The third-order valence-electron chi connectivity index (χ3n) is 3.88. The van der Waals surface area contributed by atoms with Crippen LogP contribution < -0.4 is 9.62 Å². The number of benzene rings is 1. The Bertz CT molecular complexity index is 843. The molecule has 7 nitrogen and oxygen atoms in total. The third kappa shape index (κ3) is 3.13. The highest BCUT2D eigenvalue weighted by Gasteiger charge is 2.52. The van der Waals surface area contributed by atoms with E-state index in [9.17, 15) is 26.8 Å². The van der Waals surface area contributed by atoms with Crippen molar-refractivity contribution in [2.45, 2.75) is 18.6 Å². The zero-order valence-electron chi connectivity index (χ0n) is 12.4. The molecule has 2 heterocycles. The Labute approximate surface area is 151 Å². The predicted molar refractivity (Wildman–Crippen MR) is 87.6 cm³/mol. The molecule has 2 saturated heterocycles. The van der Waals surface area contributed by atoms with Crippen molar-refractivity contribution >= 4 is 56.5 Å². The highest BCUT2D eigenvalue weighted by atomic mass is 35.5. The summed E-state index contributed by atoms with van der Waals surface area (Å²) in [5, 5.41) is -1.05. The molecule has 0 unspecified atom stereocenters. The van der Waals surface area contributed by atoms with Crippen LogP contribution in [0.2, 0.25) is 5.02 Å². The van der Waals surface area contributed by atoms with Crippen molar-refractivity contribution in [1.29, 1.82) is 0 Å². The second-order valence-corrected chi connectivity index (χ2v) is 8.28. The number of nitrogens with one attached hydrogen (secondary N) is 1. The number of halogens is 4. The average Bonchev–Trinajstić information content (AvgIpc) is 3.01. The van der Waals surface area contributed by atoms with Gasteiger partial charge in [0.2, 0.25) is 10.0 Å². The molecular formula is C13H11Cl2F2N3O4S. The zero-order chi connectivity index (χ0) is 18.5. The maximum Gasteiger partial charge on any atom is 0.332 e. The first-order chi connectivity index (χ1) is 11.6. The van der Waals surface area contributed by atoms with Crippen LogP contribution in [0.3, 0.4) is 0 Å². The van der Waals surface area contributed by atoms with E-state index in [-0.39, 0.29) is 23.7 Å². The van der Waals surface area contributed by atoms with E-state index in [1.165, 1.54) is 0 Å². The van der Waals surface area contributed by atoms with Crippen molar-refractivity contribution in [3.05, 3.63) is 23.0 Å². The number of amides is 3. The average molecular weight is 414 g/mol. The van der Waals surface area contributed by atoms with Crippen LogP contribution in [0.1, 0.15) is 6.42 Å². The van der Waals surface area contributed by atoms with E-state index in [0.29, 0.717) is 4.90 Å². The Hall–Kier alpha value is -1.65. The fourth-order valence-electron chi connectivity index (χ4n) is 2.81. The van der Waals surface area contributed by atoms with Gasteiger partial charge >= 0.3 is 6.03 Å². The second-order valence-electron chi connectivity index (χ2n) is 5.57. The molecule has 1 N–H and O–H groups in total. The maximum absolute atomic E-state index is 14.3. The molecule has 0 bridgehead atoms. The molecule has 2 fully saturated rings. The predicted octanol–water partition coefficient (Wildman–Crippen LogP) is 2.30. The van der Waals surface area contributed by atoms with E-state index in [2.05, 4.69) is 0 Å². The standard InChI is InChI=1S/C13H11Cl2F2N3O4S/c14-5-25(23,24)18-9-3-10(8(17)2-7(9)15)20-12(21)11-1-6(16)4-19(11)13(20)22/h2-3,6,11,18H,1,4-5H2/t6-,11+/m0/s1. The van der Waals surface area contributed by atoms with Crippen molar-refractivity contribution in [3.8, 4) is 0 Å². The van der Waals surface area contributed by atoms with Crippen LogP contribution in [0.4, 0.5) is 25.0 Å². The van der Waals surface area contributed by atoms with Crippen molar-refractivity contribution in [2.24, 2.45) is 0 Å². The normalized spacial score (nSPS) is 23.4. The number of urea groups is 1. The summed E-state index contributed by atoms with van der Waals surface area (Å²) >= 11 is 11.1. The smallest absolute Gasteiger partial charge is 0.309 e. The number of nitrogens with zero attached hydrogens (tertiary/aromatic N) is 2. The van der Waals surface area contributed by atoms with Crippen molar-refractivity contribution in [3.63, 3.8) is 0 Å². The molecule has 0 aromatic heterocycles. The highest BCUT2D eigenvalue weighted by Crippen LogP contribution is 2.37. The number of fused-ring (bicyclic) bond motifs is 1. The van der Waals surface area contributed by atoms with Gasteiger partial charge in [0, 0.05) is 6.42 Å². The number of hydrogen-bond acceptors (Lipinski definition) is 4. The van der Waals surface area contributed by atoms with E-state index in [1.54, 1.807) is 0 Å². The highest BCUT2D eigenvalue weighted by molar-refractivity contribution is 7.93. The molecular weight excluding hydrogens is 403 g/mol. The minimum atomic E-state index is -3.94. The summed E-state index contributed by atoms with van der Waals surface area (Å²) in [5.74, 6) is -1.78. The Kier molecular flexibility index (Phi) is 4.54. The molecule has 3 rings (SSSR count). The van der Waals surface area contributed by atoms with Gasteiger partial charge in [-0.3, -0.25) is 9.52 Å². The minimum absolute atomic E-state index is 0.165. The van der Waals surface area contributed by atoms with Crippen LogP contribution in [0.15, 0.2) is 12.1 Å². The van der Waals surface area contributed by atoms with Gasteiger partial charge in [-0.15, -0.1) is 11.6 Å². The Morgan fingerprint density at radius 2 is 2.00 bits per heavy atom. The van der Waals surface area contributed by atoms with Gasteiger partial charge in [0.05, 0.1) is 22.9 Å². The molecule has 136 valence electrons. The molecule has 1 aromatic carbocycles. The molecule has 12 heteroatoms. The monoisotopic (exact) mass is 413 g/mol. The molecule has 2 atom stereocenters. The topological polar surface area (TPSA) is 86.8 Å². The Morgan fingerprint density at radius 3 is 2.60 bits per heavy atom. The van der Waals surface area contributed by atoms with Gasteiger partial charge in [-0.05, 0) is 12.1 Å². The van der Waals surface area contributed by atoms with E-state index in [4.69, 9.17) is 23.2 Å². The minimum Gasteiger partial charge on any atom is -0.309 e. The van der Waals surface area contributed by atoms with Crippen molar-refractivity contribution in [2.75, 3.05) is 21.4 Å². The van der Waals surface area contributed by atoms with Crippen LogP contribution in [-0.2, 0) is 14.8 Å². The quantitative estimate of drug-likeness (QED) is 0.605. The number of anilines is 2. The largest absolute Gasteiger partial charge is 0.332 e. The fraction of sp³-hybridized carbons (Fsp3) is 0.385. The molecule has 0 radical (unpaired) electrons. The lowest BCUT2D eigenvalue weighted by Crippen LogP contribution is -2.35. The van der Waals surface area contributed by atoms with Crippen LogP contribution >= 0.6 is 23.2 Å². The number of carbonyl (C=O) groups is 2. The first-order valence-corrected chi connectivity index (χ1v) is 9.55. The first kappa shape index (κ1) is 18.2. The molecule has 1 aromatic rings. The fourth-order valence-corrected chi connectivity index (χ4v) is 3.78. The van der Waals surface area contributed by atoms with Crippen molar-refractivity contribution < 1.29 is 26.8 Å². The number of carbonyl (C=O) groups excluding carboxylic acids is 2. The number of rotatable bonds is 4. The van der Waals surface area contributed by atoms with Gasteiger partial charge in [-0.25, -0.2) is 26.9 Å². The van der Waals surface area contributed by atoms with E-state index < -0.39 is 50.9 Å². The zero-order valence-corrected chi connectivity index (χ0v) is 14.7. The lowest BCUT2D eigenvalue weighted by atomic mass is 10.2. The van der Waals surface area contributed by atoms with Gasteiger partial charge in [0.25, 0.3) is 5.91 Å². The lowest BCUT2D eigenvalue weighted by Gasteiger charge is -2.18. The van der Waals surface area contributed by atoms with Crippen LogP contribution in [0.5, 0.6) is 0 Å². The SMILES string of the molecule is O=C1[C@H]2C[C@H](F)CN2C(=O)N1c1cc(NS(=O)(=O)CCl)c(Cl)cc1F. The van der Waals surface area contributed by atoms with E-state index in [0.717, 1.165) is 17.0 Å². The summed E-state index contributed by atoms with van der Waals surface area (Å²) in [6, 6.07) is -0.180. The van der Waals surface area contributed by atoms with Crippen LogP contribution in [0.25, 0.3) is 0 Å². The summed E-state index contributed by atoms with van der Waals surface area (Å²) in [4.78, 5) is 26.3. The maximum atomic E-state index is 14.3. The summed E-state index contributed by atoms with van der Waals surface area (Å²) in [7, 11) is -3.94. The Balaban J connectivity index is 2.00. The summed E-state index contributed by atoms with van der Waals surface area (Å²) < 4.78 is 52.8. The number of imide groups is 1. The van der Waals surface area contributed by atoms with Gasteiger partial charge < -0.3 is 4.90 Å². The van der Waals surface area contributed by atoms with Crippen LogP contribution in [0, 0.1) is 5.82 Å². The molecule has 0 saturated carbocycles. The van der Waals surface area contributed by atoms with Crippen molar-refractivity contribution in [1.82, 2.24) is 4.90 Å². The lowest BCUT2D eigenvalue weighted by molar-refractivity contribution is -0.119.